The van der Waals surface area contributed by atoms with E-state index in [1.165, 1.54) is 161 Å². The number of phosphoric acid groups is 2. The number of carbonyl (C=O) groups excluding carboxylic acids is 4. The van der Waals surface area contributed by atoms with Gasteiger partial charge in [0.05, 0.1) is 26.4 Å². The lowest BCUT2D eigenvalue weighted by Crippen LogP contribution is -2.30. The summed E-state index contributed by atoms with van der Waals surface area (Å²) in [6.45, 7) is 9.44. The molecule has 3 N–H and O–H groups in total. The Balaban J connectivity index is 5.21. The van der Waals surface area contributed by atoms with Crippen LogP contribution in [0.15, 0.2) is 0 Å². The van der Waals surface area contributed by atoms with Crippen LogP contribution in [0.3, 0.4) is 0 Å². The first-order valence-electron chi connectivity index (χ1n) is 36.0. The van der Waals surface area contributed by atoms with E-state index in [-0.39, 0.29) is 25.7 Å². The molecule has 0 aromatic carbocycles. The molecule has 522 valence electrons. The zero-order valence-corrected chi connectivity index (χ0v) is 58.8. The van der Waals surface area contributed by atoms with Crippen molar-refractivity contribution in [3.8, 4) is 0 Å². The van der Waals surface area contributed by atoms with Crippen LogP contribution in [-0.2, 0) is 65.4 Å². The van der Waals surface area contributed by atoms with Crippen molar-refractivity contribution in [1.82, 2.24) is 0 Å². The fourth-order valence-corrected chi connectivity index (χ4v) is 12.0. The molecular formula is C69H134O17P2. The lowest BCUT2D eigenvalue weighted by atomic mass is 10.0. The SMILES string of the molecule is CCCCCCCCCCCCCCCCCCC(=O)O[C@H](COC(=O)CCCCCCCCCCCCCCC(C)C)COP(=O)(O)OC[C@@H](O)COP(=O)(O)OC[C@@H](COC(=O)CCCCCCCCCC)OC(=O)CCCCCCCCC(C)C. The maximum Gasteiger partial charge on any atom is 0.472 e. The Kier molecular flexibility index (Phi) is 59.9. The molecular weight excluding hydrogens is 1160 g/mol. The predicted octanol–water partition coefficient (Wildman–Crippen LogP) is 19.6. The maximum atomic E-state index is 13.0. The van der Waals surface area contributed by atoms with Gasteiger partial charge in [0.2, 0.25) is 0 Å². The van der Waals surface area contributed by atoms with Crippen LogP contribution in [0, 0.1) is 11.8 Å². The van der Waals surface area contributed by atoms with E-state index >= 15 is 0 Å². The van der Waals surface area contributed by atoms with Crippen molar-refractivity contribution in [2.24, 2.45) is 11.8 Å². The number of ether oxygens (including phenoxy) is 4. The van der Waals surface area contributed by atoms with Gasteiger partial charge < -0.3 is 33.8 Å². The lowest BCUT2D eigenvalue weighted by Gasteiger charge is -2.21. The van der Waals surface area contributed by atoms with Crippen molar-refractivity contribution >= 4 is 39.5 Å². The second-order valence-electron chi connectivity index (χ2n) is 25.9. The van der Waals surface area contributed by atoms with Crippen molar-refractivity contribution in [2.45, 2.75) is 368 Å². The number of aliphatic hydroxyl groups excluding tert-OH is 1. The topological polar surface area (TPSA) is 237 Å². The predicted molar refractivity (Wildman–Crippen MR) is 354 cm³/mol. The monoisotopic (exact) mass is 1300 g/mol. The number of aliphatic hydroxyl groups is 1. The van der Waals surface area contributed by atoms with Gasteiger partial charge in [-0.2, -0.15) is 0 Å². The van der Waals surface area contributed by atoms with Gasteiger partial charge in [-0.25, -0.2) is 9.13 Å². The molecule has 0 fully saturated rings. The van der Waals surface area contributed by atoms with E-state index in [9.17, 15) is 43.2 Å². The Hall–Kier alpha value is -1.94. The molecule has 0 aromatic heterocycles. The third kappa shape index (κ3) is 62.8. The van der Waals surface area contributed by atoms with Crippen LogP contribution in [0.4, 0.5) is 0 Å². The molecule has 17 nitrogen and oxygen atoms in total. The molecule has 0 aromatic rings. The number of hydrogen-bond donors (Lipinski definition) is 3. The van der Waals surface area contributed by atoms with E-state index in [0.717, 1.165) is 102 Å². The minimum Gasteiger partial charge on any atom is -0.462 e. The van der Waals surface area contributed by atoms with Gasteiger partial charge in [-0.15, -0.1) is 0 Å². The smallest absolute Gasteiger partial charge is 0.462 e. The number of phosphoric ester groups is 2. The Morgan fingerprint density at radius 2 is 0.523 bits per heavy atom. The molecule has 0 amide bonds. The van der Waals surface area contributed by atoms with Gasteiger partial charge in [0.25, 0.3) is 0 Å². The quantitative estimate of drug-likeness (QED) is 0.0222. The molecule has 0 aliphatic carbocycles. The van der Waals surface area contributed by atoms with Gasteiger partial charge in [-0.3, -0.25) is 37.3 Å². The summed E-state index contributed by atoms with van der Waals surface area (Å²) in [5, 5.41) is 10.6. The Labute approximate surface area is 537 Å². The standard InChI is InChI=1S/C69H134O17P2/c1-7-9-11-13-15-17-18-19-20-21-22-27-30-34-41-47-53-68(73)85-64(57-80-67(72)52-46-40-33-29-26-24-23-25-28-31-37-43-49-61(3)4)59-83-87(75,76)81-55-63(70)56-82-88(77,78)84-60-65(58-79-66(71)51-45-39-32-16-14-12-10-8-2)86-69(74)54-48-42-36-35-38-44-50-62(5)6/h61-65,70H,7-60H2,1-6H3,(H,75,76)(H,77,78)/t63-,64-,65-/m1/s1. The normalized spacial score (nSPS) is 14.2. The van der Waals surface area contributed by atoms with E-state index in [4.69, 9.17) is 37.0 Å². The summed E-state index contributed by atoms with van der Waals surface area (Å²) >= 11 is 0. The molecule has 0 saturated heterocycles. The number of carbonyl (C=O) groups is 4. The highest BCUT2D eigenvalue weighted by Crippen LogP contribution is 2.45. The van der Waals surface area contributed by atoms with Gasteiger partial charge in [-0.1, -0.05) is 298 Å². The Bertz CT molecular complexity index is 1720. The fraction of sp³-hybridized carbons (Fsp3) is 0.942. The summed E-state index contributed by atoms with van der Waals surface area (Å²) in [5.74, 6) is -0.680. The second kappa shape index (κ2) is 61.3. The van der Waals surface area contributed by atoms with Gasteiger partial charge in [-0.05, 0) is 37.5 Å². The van der Waals surface area contributed by atoms with Crippen molar-refractivity contribution in [2.75, 3.05) is 39.6 Å². The zero-order valence-electron chi connectivity index (χ0n) is 57.0. The molecule has 0 aliphatic rings. The van der Waals surface area contributed by atoms with Crippen molar-refractivity contribution in [3.63, 3.8) is 0 Å². The molecule has 0 aliphatic heterocycles. The minimum absolute atomic E-state index is 0.102. The van der Waals surface area contributed by atoms with Crippen LogP contribution >= 0.6 is 15.6 Å². The van der Waals surface area contributed by atoms with Gasteiger partial charge in [0.15, 0.2) is 12.2 Å². The first-order chi connectivity index (χ1) is 42.4. The summed E-state index contributed by atoms with van der Waals surface area (Å²) in [5.41, 5.74) is 0. The molecule has 88 heavy (non-hydrogen) atoms. The summed E-state index contributed by atoms with van der Waals surface area (Å²) < 4.78 is 68.1. The molecule has 0 heterocycles. The van der Waals surface area contributed by atoms with Crippen LogP contribution in [0.25, 0.3) is 0 Å². The van der Waals surface area contributed by atoms with Crippen LogP contribution < -0.4 is 0 Å². The molecule has 2 unspecified atom stereocenters. The fourth-order valence-electron chi connectivity index (χ4n) is 10.4. The molecule has 5 atom stereocenters. The molecule has 0 saturated carbocycles. The largest absolute Gasteiger partial charge is 0.472 e. The van der Waals surface area contributed by atoms with Crippen LogP contribution in [0.5, 0.6) is 0 Å². The third-order valence-corrected chi connectivity index (χ3v) is 17.9. The van der Waals surface area contributed by atoms with E-state index < -0.39 is 97.5 Å². The summed E-state index contributed by atoms with van der Waals surface area (Å²) in [6.07, 6.45) is 46.0. The minimum atomic E-state index is -4.95. The molecule has 0 bridgehead atoms. The number of rotatable bonds is 68. The highest BCUT2D eigenvalue weighted by Gasteiger charge is 2.30. The number of hydrogen-bond acceptors (Lipinski definition) is 15. The van der Waals surface area contributed by atoms with Crippen LogP contribution in [0.1, 0.15) is 350 Å². The number of unbranched alkanes of at least 4 members (excludes halogenated alkanes) is 38. The first kappa shape index (κ1) is 86.1. The zero-order chi connectivity index (χ0) is 65.0. The molecule has 0 radical (unpaired) electrons. The molecule has 0 rings (SSSR count). The van der Waals surface area contributed by atoms with Crippen LogP contribution in [0.2, 0.25) is 0 Å². The van der Waals surface area contributed by atoms with Gasteiger partial charge in [0.1, 0.15) is 19.3 Å². The molecule has 0 spiro atoms. The average molecular weight is 1300 g/mol. The van der Waals surface area contributed by atoms with Crippen LogP contribution in [-0.4, -0.2) is 96.7 Å². The first-order valence-corrected chi connectivity index (χ1v) is 39.0. The van der Waals surface area contributed by atoms with E-state index in [1.807, 2.05) is 0 Å². The Morgan fingerprint density at radius 1 is 0.307 bits per heavy atom. The van der Waals surface area contributed by atoms with Crippen molar-refractivity contribution in [1.29, 1.82) is 0 Å². The lowest BCUT2D eigenvalue weighted by molar-refractivity contribution is -0.161. The Morgan fingerprint density at radius 3 is 0.773 bits per heavy atom. The van der Waals surface area contributed by atoms with E-state index in [1.54, 1.807) is 0 Å². The third-order valence-electron chi connectivity index (χ3n) is 16.0. The highest BCUT2D eigenvalue weighted by molar-refractivity contribution is 7.47. The van der Waals surface area contributed by atoms with E-state index in [2.05, 4.69) is 41.5 Å². The summed E-state index contributed by atoms with van der Waals surface area (Å²) in [7, 11) is -9.89. The highest BCUT2D eigenvalue weighted by atomic mass is 31.2. The van der Waals surface area contributed by atoms with Gasteiger partial charge >= 0.3 is 39.5 Å². The number of esters is 4. The maximum absolute atomic E-state index is 13.0. The molecule has 19 heteroatoms. The van der Waals surface area contributed by atoms with Crippen molar-refractivity contribution < 1.29 is 80.2 Å². The summed E-state index contributed by atoms with van der Waals surface area (Å²) in [4.78, 5) is 72.4. The van der Waals surface area contributed by atoms with Crippen molar-refractivity contribution in [3.05, 3.63) is 0 Å². The van der Waals surface area contributed by atoms with E-state index in [0.29, 0.717) is 31.6 Å². The second-order valence-corrected chi connectivity index (χ2v) is 28.8. The summed E-state index contributed by atoms with van der Waals surface area (Å²) in [6, 6.07) is 0. The average Bonchev–Trinajstić information content (AvgIpc) is 3.52. The van der Waals surface area contributed by atoms with Gasteiger partial charge in [0, 0.05) is 25.7 Å².